The maximum atomic E-state index is 12.2. The zero-order chi connectivity index (χ0) is 14.8. The van der Waals surface area contributed by atoms with Crippen molar-refractivity contribution in [1.82, 2.24) is 4.98 Å². The Morgan fingerprint density at radius 3 is 2.50 bits per heavy atom. The first-order valence-corrected chi connectivity index (χ1v) is 7.54. The molecule has 0 saturated carbocycles. The molecule has 3 nitrogen and oxygen atoms in total. The topological polar surface area (TPSA) is 56.0 Å². The molecule has 0 aliphatic heterocycles. The van der Waals surface area contributed by atoms with Crippen LogP contribution in [0.1, 0.15) is 43.1 Å². The Morgan fingerprint density at radius 1 is 1.30 bits per heavy atom. The fourth-order valence-electron chi connectivity index (χ4n) is 1.84. The first kappa shape index (κ1) is 14.9. The molecule has 0 bridgehead atoms. The molecule has 1 aromatic heterocycles. The molecule has 0 radical (unpaired) electrons. The second-order valence-corrected chi connectivity index (χ2v) is 6.85. The van der Waals surface area contributed by atoms with Crippen LogP contribution in [0.2, 0.25) is 0 Å². The Labute approximate surface area is 123 Å². The summed E-state index contributed by atoms with van der Waals surface area (Å²) in [6.07, 6.45) is 0.302. The van der Waals surface area contributed by atoms with Crippen LogP contribution in [0.3, 0.4) is 0 Å². The molecule has 0 saturated heterocycles. The molecular formula is C16H20N2OS. The number of benzene rings is 1. The van der Waals surface area contributed by atoms with Gasteiger partial charge in [0.05, 0.1) is 18.2 Å². The summed E-state index contributed by atoms with van der Waals surface area (Å²) < 4.78 is 0. The lowest BCUT2D eigenvalue weighted by Crippen LogP contribution is -2.23. The van der Waals surface area contributed by atoms with E-state index in [0.29, 0.717) is 6.42 Å². The van der Waals surface area contributed by atoms with Crippen LogP contribution >= 0.6 is 11.3 Å². The lowest BCUT2D eigenvalue weighted by atomic mass is 9.93. The van der Waals surface area contributed by atoms with Gasteiger partial charge in [-0.15, -0.1) is 11.3 Å². The Hall–Kier alpha value is -1.52. The van der Waals surface area contributed by atoms with Crippen LogP contribution in [0.15, 0.2) is 35.7 Å². The van der Waals surface area contributed by atoms with Crippen LogP contribution in [0.5, 0.6) is 0 Å². The van der Waals surface area contributed by atoms with Crippen molar-refractivity contribution in [3.8, 4) is 0 Å². The number of Topliss-reactive ketones (excluding diaryl/α,β-unsaturated/α-hetero) is 1. The van der Waals surface area contributed by atoms with Gasteiger partial charge in [0.15, 0.2) is 5.78 Å². The number of carbonyl (C=O) groups is 1. The monoisotopic (exact) mass is 288 g/mol. The summed E-state index contributed by atoms with van der Waals surface area (Å²) in [7, 11) is 0. The van der Waals surface area contributed by atoms with Gasteiger partial charge in [0, 0.05) is 10.8 Å². The van der Waals surface area contributed by atoms with E-state index in [-0.39, 0.29) is 11.2 Å². The molecule has 1 atom stereocenters. The van der Waals surface area contributed by atoms with Crippen LogP contribution in [0.25, 0.3) is 0 Å². The number of thiazole rings is 1. The number of carbonyl (C=O) groups excluding carboxylic acids is 1. The number of aromatic nitrogens is 1. The average molecular weight is 288 g/mol. The first-order chi connectivity index (χ1) is 9.38. The van der Waals surface area contributed by atoms with Gasteiger partial charge in [0.25, 0.3) is 0 Å². The van der Waals surface area contributed by atoms with Crippen molar-refractivity contribution < 1.29 is 4.79 Å². The number of nitrogens with zero attached hydrogens (tertiary/aromatic N) is 1. The smallest absolute Gasteiger partial charge is 0.160 e. The normalized spacial score (nSPS) is 13.2. The van der Waals surface area contributed by atoms with Gasteiger partial charge >= 0.3 is 0 Å². The van der Waals surface area contributed by atoms with Crippen molar-refractivity contribution in [2.75, 3.05) is 0 Å². The number of nitrogens with two attached hydrogens (primary N) is 1. The minimum Gasteiger partial charge on any atom is -0.318 e. The van der Waals surface area contributed by atoms with Gasteiger partial charge in [-0.2, -0.15) is 0 Å². The molecule has 20 heavy (non-hydrogen) atoms. The fraction of sp³-hybridized carbons (Fsp3) is 0.375. The molecule has 0 spiro atoms. The fourth-order valence-corrected chi connectivity index (χ4v) is 2.87. The van der Waals surface area contributed by atoms with E-state index < -0.39 is 6.04 Å². The molecular weight excluding hydrogens is 268 g/mol. The zero-order valence-electron chi connectivity index (χ0n) is 12.1. The summed E-state index contributed by atoms with van der Waals surface area (Å²) in [6.45, 7) is 6.34. The van der Waals surface area contributed by atoms with Crippen molar-refractivity contribution >= 4 is 17.1 Å². The Kier molecular flexibility index (Phi) is 4.35. The summed E-state index contributed by atoms with van der Waals surface area (Å²) in [5.74, 6) is 0.00556. The zero-order valence-corrected chi connectivity index (χ0v) is 12.9. The van der Waals surface area contributed by atoms with Gasteiger partial charge in [0.2, 0.25) is 0 Å². The maximum Gasteiger partial charge on any atom is 0.160 e. The third-order valence-corrected chi connectivity index (χ3v) is 4.00. The predicted octanol–water partition coefficient (Wildman–Crippen LogP) is 3.25. The molecule has 2 rings (SSSR count). The number of ketones is 1. The Balaban J connectivity index is 2.07. The summed E-state index contributed by atoms with van der Waals surface area (Å²) in [4.78, 5) is 16.8. The minimum atomic E-state index is -0.571. The highest BCUT2D eigenvalue weighted by molar-refractivity contribution is 7.09. The molecule has 0 unspecified atom stereocenters. The van der Waals surface area contributed by atoms with Gasteiger partial charge in [-0.1, -0.05) is 51.1 Å². The molecule has 1 aromatic carbocycles. The van der Waals surface area contributed by atoms with Crippen LogP contribution in [-0.4, -0.2) is 10.8 Å². The molecule has 0 fully saturated rings. The average Bonchev–Trinajstić information content (AvgIpc) is 2.87. The van der Waals surface area contributed by atoms with Crippen molar-refractivity contribution in [3.63, 3.8) is 0 Å². The molecule has 0 aliphatic carbocycles. The third-order valence-electron chi connectivity index (χ3n) is 3.15. The van der Waals surface area contributed by atoms with E-state index in [0.717, 1.165) is 16.3 Å². The van der Waals surface area contributed by atoms with Gasteiger partial charge in [-0.3, -0.25) is 4.79 Å². The molecule has 0 aliphatic rings. The number of hydrogen-bond acceptors (Lipinski definition) is 4. The lowest BCUT2D eigenvalue weighted by Gasteiger charge is -2.14. The largest absolute Gasteiger partial charge is 0.318 e. The maximum absolute atomic E-state index is 12.2. The summed E-state index contributed by atoms with van der Waals surface area (Å²) in [5, 5.41) is 2.86. The van der Waals surface area contributed by atoms with E-state index in [2.05, 4.69) is 25.8 Å². The Morgan fingerprint density at radius 2 is 1.95 bits per heavy atom. The quantitative estimate of drug-likeness (QED) is 0.939. The van der Waals surface area contributed by atoms with E-state index in [1.807, 2.05) is 35.7 Å². The highest BCUT2D eigenvalue weighted by Crippen LogP contribution is 2.24. The van der Waals surface area contributed by atoms with Crippen LogP contribution < -0.4 is 5.73 Å². The summed E-state index contributed by atoms with van der Waals surface area (Å²) in [6, 6.07) is 8.89. The standard InChI is InChI=1S/C16H20N2OS/c1-16(2,3)13-10-20-14(18-13)9-12(19)15(17)11-7-5-4-6-8-11/h4-8,10,15H,9,17H2,1-3H3/t15-/m1/s1. The van der Waals surface area contributed by atoms with Crippen molar-refractivity contribution in [3.05, 3.63) is 52.0 Å². The highest BCUT2D eigenvalue weighted by Gasteiger charge is 2.21. The van der Waals surface area contributed by atoms with Gasteiger partial charge < -0.3 is 5.73 Å². The van der Waals surface area contributed by atoms with Crippen LogP contribution in [0.4, 0.5) is 0 Å². The number of rotatable bonds is 4. The van der Waals surface area contributed by atoms with E-state index >= 15 is 0 Å². The van der Waals surface area contributed by atoms with E-state index in [4.69, 9.17) is 5.73 Å². The second kappa shape index (κ2) is 5.85. The molecule has 1 heterocycles. The first-order valence-electron chi connectivity index (χ1n) is 6.66. The third kappa shape index (κ3) is 3.52. The summed E-state index contributed by atoms with van der Waals surface area (Å²) in [5.41, 5.74) is 7.90. The van der Waals surface area contributed by atoms with Crippen molar-refractivity contribution in [2.24, 2.45) is 5.73 Å². The lowest BCUT2D eigenvalue weighted by molar-refractivity contribution is -0.119. The number of hydrogen-bond donors (Lipinski definition) is 1. The minimum absolute atomic E-state index is 0.00556. The van der Waals surface area contributed by atoms with Gasteiger partial charge in [-0.05, 0) is 5.56 Å². The SMILES string of the molecule is CC(C)(C)c1csc(CC(=O)[C@H](N)c2ccccc2)n1. The van der Waals surface area contributed by atoms with E-state index in [9.17, 15) is 4.79 Å². The molecule has 2 aromatic rings. The van der Waals surface area contributed by atoms with Gasteiger partial charge in [0.1, 0.15) is 5.01 Å². The van der Waals surface area contributed by atoms with Crippen molar-refractivity contribution in [1.29, 1.82) is 0 Å². The predicted molar refractivity (Wildman–Crippen MR) is 82.9 cm³/mol. The van der Waals surface area contributed by atoms with Gasteiger partial charge in [-0.25, -0.2) is 4.98 Å². The van der Waals surface area contributed by atoms with E-state index in [1.165, 1.54) is 11.3 Å². The summed E-state index contributed by atoms with van der Waals surface area (Å²) >= 11 is 1.53. The van der Waals surface area contributed by atoms with Crippen LogP contribution in [0, 0.1) is 0 Å². The Bertz CT molecular complexity index is 584. The van der Waals surface area contributed by atoms with Crippen LogP contribution in [-0.2, 0) is 16.6 Å². The van der Waals surface area contributed by atoms with E-state index in [1.54, 1.807) is 0 Å². The van der Waals surface area contributed by atoms with Crippen molar-refractivity contribution in [2.45, 2.75) is 38.6 Å². The highest BCUT2D eigenvalue weighted by atomic mass is 32.1. The second-order valence-electron chi connectivity index (χ2n) is 5.91. The molecule has 2 N–H and O–H groups in total. The molecule has 4 heteroatoms. The molecule has 106 valence electrons. The molecule has 0 amide bonds.